The molecule has 1 aromatic rings. The third kappa shape index (κ3) is 2.31. The standard InChI is InChI=1S/C9H13NO3/c1-3-4-6(2)8-10-7(5-13-8)9(11)12/h5-6H,3-4H2,1-2H3,(H,11,12)/t6-/m0/s1. The molecule has 0 radical (unpaired) electrons. The highest BCUT2D eigenvalue weighted by Gasteiger charge is 2.14. The Hall–Kier alpha value is -1.32. The summed E-state index contributed by atoms with van der Waals surface area (Å²) < 4.78 is 5.05. The quantitative estimate of drug-likeness (QED) is 0.777. The first-order valence-electron chi connectivity index (χ1n) is 4.33. The molecular formula is C9H13NO3. The number of carboxylic acids is 1. The Morgan fingerprint density at radius 2 is 2.46 bits per heavy atom. The average molecular weight is 183 g/mol. The average Bonchev–Trinajstić information content (AvgIpc) is 2.52. The van der Waals surface area contributed by atoms with Crippen LogP contribution in [0.3, 0.4) is 0 Å². The summed E-state index contributed by atoms with van der Waals surface area (Å²) in [5.41, 5.74) is -0.0158. The van der Waals surface area contributed by atoms with Crippen LogP contribution in [0.25, 0.3) is 0 Å². The Bertz CT molecular complexity index is 293. The lowest BCUT2D eigenvalue weighted by molar-refractivity contribution is 0.0690. The molecule has 1 rings (SSSR count). The zero-order chi connectivity index (χ0) is 9.84. The van der Waals surface area contributed by atoms with Gasteiger partial charge < -0.3 is 9.52 Å². The third-order valence-corrected chi connectivity index (χ3v) is 1.88. The minimum absolute atomic E-state index is 0.0158. The zero-order valence-electron chi connectivity index (χ0n) is 7.78. The van der Waals surface area contributed by atoms with Crippen LogP contribution in [0.1, 0.15) is 49.0 Å². The molecule has 4 heteroatoms. The summed E-state index contributed by atoms with van der Waals surface area (Å²) >= 11 is 0. The van der Waals surface area contributed by atoms with Crippen LogP contribution < -0.4 is 0 Å². The van der Waals surface area contributed by atoms with Gasteiger partial charge in [-0.15, -0.1) is 0 Å². The number of aromatic carboxylic acids is 1. The molecule has 0 fully saturated rings. The largest absolute Gasteiger partial charge is 0.476 e. The third-order valence-electron chi connectivity index (χ3n) is 1.88. The minimum atomic E-state index is -1.04. The molecule has 1 heterocycles. The topological polar surface area (TPSA) is 63.3 Å². The fourth-order valence-corrected chi connectivity index (χ4v) is 1.17. The maximum Gasteiger partial charge on any atom is 0.357 e. The smallest absolute Gasteiger partial charge is 0.357 e. The first kappa shape index (κ1) is 9.77. The van der Waals surface area contributed by atoms with Crippen molar-refractivity contribution in [2.24, 2.45) is 0 Å². The summed E-state index contributed by atoms with van der Waals surface area (Å²) in [7, 11) is 0. The van der Waals surface area contributed by atoms with E-state index in [-0.39, 0.29) is 11.6 Å². The number of carboxylic acid groups (broad SMARTS) is 1. The molecule has 1 N–H and O–H groups in total. The van der Waals surface area contributed by atoms with E-state index < -0.39 is 5.97 Å². The summed E-state index contributed by atoms with van der Waals surface area (Å²) in [5.74, 6) is -0.337. The van der Waals surface area contributed by atoms with Crippen LogP contribution in [-0.4, -0.2) is 16.1 Å². The van der Waals surface area contributed by atoms with Gasteiger partial charge in [-0.2, -0.15) is 0 Å². The van der Waals surface area contributed by atoms with E-state index in [2.05, 4.69) is 11.9 Å². The number of oxazole rings is 1. The second-order valence-electron chi connectivity index (χ2n) is 3.07. The number of hydrogen-bond donors (Lipinski definition) is 1. The second-order valence-corrected chi connectivity index (χ2v) is 3.07. The number of aromatic nitrogens is 1. The van der Waals surface area contributed by atoms with Crippen LogP contribution in [-0.2, 0) is 0 Å². The van der Waals surface area contributed by atoms with Gasteiger partial charge in [0.05, 0.1) is 0 Å². The van der Waals surface area contributed by atoms with E-state index >= 15 is 0 Å². The molecule has 0 aliphatic carbocycles. The van der Waals surface area contributed by atoms with E-state index in [1.807, 2.05) is 6.92 Å². The van der Waals surface area contributed by atoms with Crippen molar-refractivity contribution in [2.45, 2.75) is 32.6 Å². The van der Waals surface area contributed by atoms with Crippen LogP contribution in [0.5, 0.6) is 0 Å². The lowest BCUT2D eigenvalue weighted by Crippen LogP contribution is -1.98. The normalized spacial score (nSPS) is 12.8. The van der Waals surface area contributed by atoms with Crippen LogP contribution in [0.2, 0.25) is 0 Å². The van der Waals surface area contributed by atoms with Crippen molar-refractivity contribution in [1.29, 1.82) is 0 Å². The Morgan fingerprint density at radius 3 is 2.92 bits per heavy atom. The van der Waals surface area contributed by atoms with Gasteiger partial charge in [-0.1, -0.05) is 20.3 Å². The number of hydrogen-bond acceptors (Lipinski definition) is 3. The maximum absolute atomic E-state index is 10.5. The Morgan fingerprint density at radius 1 is 1.77 bits per heavy atom. The summed E-state index contributed by atoms with van der Waals surface area (Å²) in [6.07, 6.45) is 3.18. The predicted molar refractivity (Wildman–Crippen MR) is 46.8 cm³/mol. The second kappa shape index (κ2) is 4.07. The van der Waals surface area contributed by atoms with Crippen molar-refractivity contribution >= 4 is 5.97 Å². The Balaban J connectivity index is 2.73. The molecule has 72 valence electrons. The molecule has 4 nitrogen and oxygen atoms in total. The van der Waals surface area contributed by atoms with Gasteiger partial charge in [0.25, 0.3) is 0 Å². The first-order valence-corrected chi connectivity index (χ1v) is 4.33. The minimum Gasteiger partial charge on any atom is -0.476 e. The molecule has 0 aliphatic heterocycles. The Kier molecular flexibility index (Phi) is 3.06. The summed E-state index contributed by atoms with van der Waals surface area (Å²) in [5, 5.41) is 8.59. The van der Waals surface area contributed by atoms with Crippen molar-refractivity contribution in [3.05, 3.63) is 17.8 Å². The van der Waals surface area contributed by atoms with Crippen LogP contribution >= 0.6 is 0 Å². The van der Waals surface area contributed by atoms with Gasteiger partial charge in [-0.05, 0) is 6.42 Å². The monoisotopic (exact) mass is 183 g/mol. The van der Waals surface area contributed by atoms with E-state index in [0.717, 1.165) is 12.8 Å². The molecule has 0 bridgehead atoms. The van der Waals surface area contributed by atoms with Gasteiger partial charge in [-0.25, -0.2) is 9.78 Å². The summed E-state index contributed by atoms with van der Waals surface area (Å²) in [6, 6.07) is 0. The van der Waals surface area contributed by atoms with E-state index in [1.165, 1.54) is 6.26 Å². The number of nitrogens with zero attached hydrogens (tertiary/aromatic N) is 1. The zero-order valence-corrected chi connectivity index (χ0v) is 7.78. The van der Waals surface area contributed by atoms with Gasteiger partial charge >= 0.3 is 5.97 Å². The highest BCUT2D eigenvalue weighted by molar-refractivity contribution is 5.84. The number of rotatable bonds is 4. The van der Waals surface area contributed by atoms with Crippen LogP contribution in [0.15, 0.2) is 10.7 Å². The SMILES string of the molecule is CCC[C@H](C)c1nc(C(=O)O)co1. The van der Waals surface area contributed by atoms with E-state index in [0.29, 0.717) is 5.89 Å². The lowest BCUT2D eigenvalue weighted by Gasteiger charge is -2.02. The van der Waals surface area contributed by atoms with E-state index in [9.17, 15) is 4.79 Å². The lowest BCUT2D eigenvalue weighted by atomic mass is 10.1. The van der Waals surface area contributed by atoms with Crippen molar-refractivity contribution in [2.75, 3.05) is 0 Å². The molecule has 13 heavy (non-hydrogen) atoms. The molecule has 0 saturated carbocycles. The van der Waals surface area contributed by atoms with Gasteiger partial charge in [0.1, 0.15) is 6.26 Å². The van der Waals surface area contributed by atoms with E-state index in [4.69, 9.17) is 9.52 Å². The van der Waals surface area contributed by atoms with Gasteiger partial charge in [0.15, 0.2) is 11.6 Å². The maximum atomic E-state index is 10.5. The Labute approximate surface area is 76.6 Å². The van der Waals surface area contributed by atoms with Crippen molar-refractivity contribution in [3.63, 3.8) is 0 Å². The molecule has 0 spiro atoms. The van der Waals surface area contributed by atoms with E-state index in [1.54, 1.807) is 0 Å². The molecular weight excluding hydrogens is 170 g/mol. The highest BCUT2D eigenvalue weighted by atomic mass is 16.4. The van der Waals surface area contributed by atoms with Gasteiger partial charge in [0.2, 0.25) is 0 Å². The molecule has 1 aromatic heterocycles. The first-order chi connectivity index (χ1) is 6.15. The van der Waals surface area contributed by atoms with Crippen molar-refractivity contribution in [1.82, 2.24) is 4.98 Å². The summed E-state index contributed by atoms with van der Waals surface area (Å²) in [4.78, 5) is 14.3. The molecule has 0 aliphatic rings. The summed E-state index contributed by atoms with van der Waals surface area (Å²) in [6.45, 7) is 4.04. The van der Waals surface area contributed by atoms with Crippen molar-refractivity contribution in [3.8, 4) is 0 Å². The molecule has 0 amide bonds. The molecule has 0 saturated heterocycles. The fourth-order valence-electron chi connectivity index (χ4n) is 1.17. The number of carbonyl (C=O) groups is 1. The van der Waals surface area contributed by atoms with Crippen LogP contribution in [0.4, 0.5) is 0 Å². The highest BCUT2D eigenvalue weighted by Crippen LogP contribution is 2.19. The van der Waals surface area contributed by atoms with Crippen LogP contribution in [0, 0.1) is 0 Å². The molecule has 0 aromatic carbocycles. The van der Waals surface area contributed by atoms with Gasteiger partial charge in [0, 0.05) is 5.92 Å². The molecule has 0 unspecified atom stereocenters. The fraction of sp³-hybridized carbons (Fsp3) is 0.556. The molecule has 1 atom stereocenters. The van der Waals surface area contributed by atoms with Gasteiger partial charge in [-0.3, -0.25) is 0 Å². The van der Waals surface area contributed by atoms with Crippen molar-refractivity contribution < 1.29 is 14.3 Å². The predicted octanol–water partition coefficient (Wildman–Crippen LogP) is 2.28.